The molecule has 84 valence electrons. The molecule has 0 aromatic carbocycles. The summed E-state index contributed by atoms with van der Waals surface area (Å²) in [5.41, 5.74) is 1.16. The van der Waals surface area contributed by atoms with Crippen LogP contribution in [0.5, 0.6) is 0 Å². The summed E-state index contributed by atoms with van der Waals surface area (Å²) in [4.78, 5) is 2.58. The van der Waals surface area contributed by atoms with E-state index < -0.39 is 0 Å². The van der Waals surface area contributed by atoms with Gasteiger partial charge in [0.15, 0.2) is 0 Å². The summed E-state index contributed by atoms with van der Waals surface area (Å²) in [5, 5.41) is 13.7. The van der Waals surface area contributed by atoms with Gasteiger partial charge in [-0.3, -0.25) is 0 Å². The predicted molar refractivity (Wildman–Crippen MR) is 64.3 cm³/mol. The minimum Gasteiger partial charge on any atom is -0.388 e. The van der Waals surface area contributed by atoms with Gasteiger partial charge in [-0.25, -0.2) is 0 Å². The number of aryl methyl sites for hydroxylation is 2. The number of hydrogen-bond donors (Lipinski definition) is 2. The average molecular weight is 225 g/mol. The largest absolute Gasteiger partial charge is 0.388 e. The van der Waals surface area contributed by atoms with E-state index in [2.05, 4.69) is 25.2 Å². The molecular weight excluding hydrogens is 206 g/mol. The van der Waals surface area contributed by atoms with E-state index in [1.807, 2.05) is 0 Å². The van der Waals surface area contributed by atoms with Crippen LogP contribution in [0.25, 0.3) is 0 Å². The van der Waals surface area contributed by atoms with Crippen molar-refractivity contribution in [3.63, 3.8) is 0 Å². The van der Waals surface area contributed by atoms with Gasteiger partial charge in [0, 0.05) is 9.75 Å². The van der Waals surface area contributed by atoms with Gasteiger partial charge in [0.05, 0.1) is 6.10 Å². The molecule has 0 bridgehead atoms. The molecule has 1 fully saturated rings. The lowest BCUT2D eigenvalue weighted by Crippen LogP contribution is -2.30. The molecule has 0 saturated carbocycles. The Labute approximate surface area is 95.3 Å². The highest BCUT2D eigenvalue weighted by Gasteiger charge is 2.24. The predicted octanol–water partition coefficient (Wildman–Crippen LogP) is 2.40. The lowest BCUT2D eigenvalue weighted by molar-refractivity contribution is 0.0888. The molecule has 0 radical (unpaired) electrons. The van der Waals surface area contributed by atoms with E-state index in [1.165, 1.54) is 9.75 Å². The summed E-state index contributed by atoms with van der Waals surface area (Å²) in [7, 11) is 0. The number of rotatable bonds is 2. The monoisotopic (exact) mass is 225 g/mol. The SMILES string of the molecule is Cc1cc(C(O)C2CCNCC2)c(C)s1. The molecule has 2 rings (SSSR count). The molecule has 0 spiro atoms. The van der Waals surface area contributed by atoms with Crippen LogP contribution in [0, 0.1) is 19.8 Å². The summed E-state index contributed by atoms with van der Waals surface area (Å²) in [6.07, 6.45) is 1.93. The van der Waals surface area contributed by atoms with Crippen LogP contribution in [0.15, 0.2) is 6.07 Å². The van der Waals surface area contributed by atoms with Crippen molar-refractivity contribution in [2.75, 3.05) is 13.1 Å². The van der Waals surface area contributed by atoms with Crippen LogP contribution in [0.4, 0.5) is 0 Å². The molecule has 0 aliphatic carbocycles. The van der Waals surface area contributed by atoms with Gasteiger partial charge in [-0.05, 0) is 57.3 Å². The van der Waals surface area contributed by atoms with Gasteiger partial charge < -0.3 is 10.4 Å². The Balaban J connectivity index is 2.12. The minimum atomic E-state index is -0.253. The van der Waals surface area contributed by atoms with Crippen LogP contribution < -0.4 is 5.32 Å². The smallest absolute Gasteiger partial charge is 0.0829 e. The molecule has 1 aromatic rings. The molecule has 15 heavy (non-hydrogen) atoms. The Morgan fingerprint density at radius 2 is 2.07 bits per heavy atom. The molecule has 2 nitrogen and oxygen atoms in total. The van der Waals surface area contributed by atoms with Crippen LogP contribution in [-0.2, 0) is 0 Å². The number of nitrogens with one attached hydrogen (secondary N) is 1. The third-order valence-corrected chi connectivity index (χ3v) is 4.21. The standard InChI is InChI=1S/C12H19NOS/c1-8-7-11(9(2)15-8)12(14)10-3-5-13-6-4-10/h7,10,12-14H,3-6H2,1-2H3. The average Bonchev–Trinajstić information content (AvgIpc) is 2.58. The molecule has 1 saturated heterocycles. The van der Waals surface area contributed by atoms with E-state index in [4.69, 9.17) is 0 Å². The molecule has 1 aliphatic rings. The molecule has 2 heterocycles. The van der Waals surface area contributed by atoms with E-state index in [-0.39, 0.29) is 6.10 Å². The fourth-order valence-corrected chi connectivity index (χ4v) is 3.32. The second-order valence-corrected chi connectivity index (χ2v) is 5.86. The number of aliphatic hydroxyl groups excluding tert-OH is 1. The van der Waals surface area contributed by atoms with Crippen molar-refractivity contribution in [1.82, 2.24) is 5.32 Å². The third-order valence-electron chi connectivity index (χ3n) is 3.23. The first-order valence-corrected chi connectivity index (χ1v) is 6.46. The summed E-state index contributed by atoms with van der Waals surface area (Å²) in [6, 6.07) is 2.15. The molecule has 2 N–H and O–H groups in total. The number of hydrogen-bond acceptors (Lipinski definition) is 3. The maximum atomic E-state index is 10.3. The van der Waals surface area contributed by atoms with E-state index in [0.717, 1.165) is 31.5 Å². The van der Waals surface area contributed by atoms with Gasteiger partial charge in [-0.1, -0.05) is 0 Å². The Kier molecular flexibility index (Phi) is 3.44. The Bertz CT molecular complexity index is 328. The lowest BCUT2D eigenvalue weighted by atomic mass is 9.88. The van der Waals surface area contributed by atoms with Gasteiger partial charge in [0.25, 0.3) is 0 Å². The zero-order valence-electron chi connectivity index (χ0n) is 9.42. The highest BCUT2D eigenvalue weighted by atomic mass is 32.1. The fourth-order valence-electron chi connectivity index (χ4n) is 2.36. The van der Waals surface area contributed by atoms with Crippen molar-refractivity contribution in [1.29, 1.82) is 0 Å². The van der Waals surface area contributed by atoms with E-state index in [1.54, 1.807) is 11.3 Å². The molecule has 1 unspecified atom stereocenters. The first-order valence-electron chi connectivity index (χ1n) is 5.64. The van der Waals surface area contributed by atoms with Crippen molar-refractivity contribution in [3.8, 4) is 0 Å². The summed E-state index contributed by atoms with van der Waals surface area (Å²) in [6.45, 7) is 6.31. The zero-order valence-corrected chi connectivity index (χ0v) is 10.2. The Hall–Kier alpha value is -0.380. The summed E-state index contributed by atoms with van der Waals surface area (Å²) < 4.78 is 0. The normalized spacial score (nSPS) is 20.5. The summed E-state index contributed by atoms with van der Waals surface area (Å²) >= 11 is 1.79. The van der Waals surface area contributed by atoms with E-state index in [0.29, 0.717) is 5.92 Å². The van der Waals surface area contributed by atoms with Crippen molar-refractivity contribution >= 4 is 11.3 Å². The van der Waals surface area contributed by atoms with Crippen LogP contribution in [0.2, 0.25) is 0 Å². The topological polar surface area (TPSA) is 32.3 Å². The second-order valence-electron chi connectivity index (χ2n) is 4.40. The van der Waals surface area contributed by atoms with Crippen LogP contribution >= 0.6 is 11.3 Å². The van der Waals surface area contributed by atoms with Crippen molar-refractivity contribution < 1.29 is 5.11 Å². The maximum Gasteiger partial charge on any atom is 0.0829 e. The number of thiophene rings is 1. The first kappa shape index (κ1) is 11.1. The molecule has 1 atom stereocenters. The highest BCUT2D eigenvalue weighted by molar-refractivity contribution is 7.12. The van der Waals surface area contributed by atoms with Gasteiger partial charge in [0.1, 0.15) is 0 Å². The number of piperidine rings is 1. The Morgan fingerprint density at radius 3 is 2.60 bits per heavy atom. The van der Waals surface area contributed by atoms with Crippen LogP contribution in [-0.4, -0.2) is 18.2 Å². The zero-order chi connectivity index (χ0) is 10.8. The second kappa shape index (κ2) is 4.64. The van der Waals surface area contributed by atoms with Gasteiger partial charge in [-0.15, -0.1) is 11.3 Å². The molecular formula is C12H19NOS. The fraction of sp³-hybridized carbons (Fsp3) is 0.667. The number of aliphatic hydroxyl groups is 1. The molecule has 0 amide bonds. The minimum absolute atomic E-state index is 0.253. The highest BCUT2D eigenvalue weighted by Crippen LogP contribution is 2.34. The van der Waals surface area contributed by atoms with Gasteiger partial charge in [-0.2, -0.15) is 0 Å². The molecule has 3 heteroatoms. The van der Waals surface area contributed by atoms with Gasteiger partial charge in [0.2, 0.25) is 0 Å². The van der Waals surface area contributed by atoms with Crippen molar-refractivity contribution in [3.05, 3.63) is 21.4 Å². The van der Waals surface area contributed by atoms with Crippen LogP contribution in [0.3, 0.4) is 0 Å². The molecule has 1 aromatic heterocycles. The van der Waals surface area contributed by atoms with E-state index >= 15 is 0 Å². The van der Waals surface area contributed by atoms with Crippen LogP contribution in [0.1, 0.15) is 34.3 Å². The maximum absolute atomic E-state index is 10.3. The Morgan fingerprint density at radius 1 is 1.40 bits per heavy atom. The quantitative estimate of drug-likeness (QED) is 0.810. The van der Waals surface area contributed by atoms with Gasteiger partial charge >= 0.3 is 0 Å². The van der Waals surface area contributed by atoms with E-state index in [9.17, 15) is 5.11 Å². The summed E-state index contributed by atoms with van der Waals surface area (Å²) in [5.74, 6) is 0.443. The lowest BCUT2D eigenvalue weighted by Gasteiger charge is -2.27. The van der Waals surface area contributed by atoms with Crippen molar-refractivity contribution in [2.45, 2.75) is 32.8 Å². The van der Waals surface area contributed by atoms with Crippen molar-refractivity contribution in [2.24, 2.45) is 5.92 Å². The first-order chi connectivity index (χ1) is 7.18. The third kappa shape index (κ3) is 2.41. The molecule has 1 aliphatic heterocycles.